The van der Waals surface area contributed by atoms with Crippen molar-refractivity contribution in [2.45, 2.75) is 190 Å². The van der Waals surface area contributed by atoms with E-state index in [9.17, 15) is 42.0 Å². The number of H-pyrrole nitrogens is 1. The van der Waals surface area contributed by atoms with E-state index in [4.69, 9.17) is 112 Å². The molecular formula is C73H104B13Cs2N10O20S3. The molecular weight excluding hydrogens is 1840 g/mol. The molecule has 6 heterocycles. The van der Waals surface area contributed by atoms with Gasteiger partial charge in [0.1, 0.15) is 63.4 Å². The summed E-state index contributed by atoms with van der Waals surface area (Å²) < 4.78 is 66.7. The van der Waals surface area contributed by atoms with E-state index in [2.05, 4.69) is 63.1 Å². The number of esters is 2. The molecule has 2 aliphatic carbocycles. The monoisotopic (exact) mass is 1950 g/mol. The summed E-state index contributed by atoms with van der Waals surface area (Å²) in [5.74, 6) is -0.895. The molecule has 121 heavy (non-hydrogen) atoms. The van der Waals surface area contributed by atoms with Crippen LogP contribution >= 0.6 is 22.7 Å². The summed E-state index contributed by atoms with van der Waals surface area (Å²) in [7, 11) is 38.9. The van der Waals surface area contributed by atoms with Crippen LogP contribution in [0.2, 0.25) is 0 Å². The van der Waals surface area contributed by atoms with Crippen LogP contribution in [-0.4, -0.2) is 279 Å². The van der Waals surface area contributed by atoms with Gasteiger partial charge in [-0.15, -0.1) is 35.8 Å². The van der Waals surface area contributed by atoms with Gasteiger partial charge < -0.3 is 71.0 Å². The molecule has 8 atom stereocenters. The zero-order valence-electron chi connectivity index (χ0n) is 70.8. The second kappa shape index (κ2) is 51.5. The second-order valence-electron chi connectivity index (χ2n) is 30.2. The number of thiazole rings is 2. The van der Waals surface area contributed by atoms with E-state index in [1.165, 1.54) is 34.6 Å². The van der Waals surface area contributed by atoms with Gasteiger partial charge in [-0.25, -0.2) is 34.1 Å². The summed E-state index contributed by atoms with van der Waals surface area (Å²) in [5, 5.41) is 27.4. The first kappa shape index (κ1) is 115. The zero-order chi connectivity index (χ0) is 86.7. The van der Waals surface area contributed by atoms with Crippen molar-refractivity contribution in [2.24, 2.45) is 11.8 Å². The average Bonchev–Trinajstić information content (AvgIpc) is 1.58. The third-order valence-electron chi connectivity index (χ3n) is 18.0. The van der Waals surface area contributed by atoms with Crippen LogP contribution in [0.3, 0.4) is 0 Å². The molecule has 15 radical (unpaired) electrons. The summed E-state index contributed by atoms with van der Waals surface area (Å²) >= 11 is 3.01. The first-order valence-corrected chi connectivity index (χ1v) is 40.7. The van der Waals surface area contributed by atoms with Crippen molar-refractivity contribution in [2.75, 3.05) is 57.4 Å². The number of aromatic amines is 1. The van der Waals surface area contributed by atoms with E-state index in [1.54, 1.807) is 100.0 Å². The van der Waals surface area contributed by atoms with E-state index in [0.717, 1.165) is 38.0 Å². The van der Waals surface area contributed by atoms with Crippen molar-refractivity contribution in [1.82, 2.24) is 40.4 Å². The molecule has 2 saturated heterocycles. The van der Waals surface area contributed by atoms with Crippen LogP contribution in [0.15, 0.2) is 89.4 Å². The second-order valence-corrected chi connectivity index (χ2v) is 33.5. The minimum atomic E-state index is -3.80. The molecule has 2 saturated carbocycles. The Balaban J connectivity index is 0.00000168. The van der Waals surface area contributed by atoms with E-state index in [0.29, 0.717) is 64.1 Å². The van der Waals surface area contributed by atoms with Crippen molar-refractivity contribution in [3.05, 3.63) is 94.8 Å². The molecule has 4 amide bonds. The number of hydrogen-bond donors (Lipinski definition) is 5. The Morgan fingerprint density at radius 2 is 1.13 bits per heavy atom. The molecule has 4 fully saturated rings. The molecule has 1 unspecified atom stereocenters. The first-order chi connectivity index (χ1) is 54.4. The number of hydrogen-bond acceptors (Lipinski definition) is 27. The molecule has 4 aromatic heterocycles. The van der Waals surface area contributed by atoms with Gasteiger partial charge in [-0.2, -0.15) is 8.42 Å². The number of amides is 4. The van der Waals surface area contributed by atoms with Gasteiger partial charge in [-0.3, -0.25) is 33.2 Å². The van der Waals surface area contributed by atoms with Gasteiger partial charge in [0.15, 0.2) is 15.7 Å². The first-order valence-electron chi connectivity index (χ1n) is 37.1. The zero-order valence-corrected chi connectivity index (χ0v) is 84.8. The summed E-state index contributed by atoms with van der Waals surface area (Å²) in [6.45, 7) is 29.5. The Morgan fingerprint density at radius 3 is 1.52 bits per heavy atom. The largest absolute Gasteiger partial charge is 1.00 e. The number of fused-ring (bicyclic) bond motifs is 2. The molecule has 48 heteroatoms. The number of methoxy groups -OCH3 is 2. The van der Waals surface area contributed by atoms with Crippen molar-refractivity contribution in [3.63, 3.8) is 0 Å². The molecule has 0 spiro atoms. The minimum absolute atomic E-state index is 0. The quantitative estimate of drug-likeness (QED) is 0.00606. The number of aromatic nitrogens is 4. The van der Waals surface area contributed by atoms with Crippen LogP contribution in [0, 0.1) is 11.8 Å². The van der Waals surface area contributed by atoms with Gasteiger partial charge in [0.2, 0.25) is 11.8 Å². The van der Waals surface area contributed by atoms with Crippen molar-refractivity contribution >= 4 is 200 Å². The Bertz CT molecular complexity index is 4620. The summed E-state index contributed by atoms with van der Waals surface area (Å²) in [4.78, 5) is 122. The van der Waals surface area contributed by atoms with E-state index in [-0.39, 0.29) is 237 Å². The fraction of sp³-hybridized carbons (Fsp3) is 0.521. The SMILES string of the molecule is C.C.C.C=C[C@@H]1C[C@]1(NC(=O)[C@@H]1CC(OS(C)(=O)=O)CN1C(=O)OC(C)(C)C)C(=O)OCC.C=C[C@@H]1C[C@]1(NC(=O)[C@@H]1C[C@@H](Oc2cc(-c3csc(NC(C)C)n3)nc3cc(OC)ccc23)CN1C(=O)OC(C)(C)C)C(=O)OCC.COc1ccc2c(=O)cc(-c3csc(NC(C)C)n3)[nH]c2c1.O=CO[O-].[B][B]B(B([B])[B])B(B([B])[B])B([B])[B].[Cs+].[Cs+].[H-]. The summed E-state index contributed by atoms with van der Waals surface area (Å²) in [5.41, 5.74) is 0.0520. The molecule has 10 rings (SSSR count). The van der Waals surface area contributed by atoms with Crippen LogP contribution in [-0.2, 0) is 62.1 Å². The number of ether oxygens (including phenoxy) is 7. The minimum Gasteiger partial charge on any atom is -1.00 e. The number of rotatable bonds is 28. The summed E-state index contributed by atoms with van der Waals surface area (Å²) in [6, 6.07) is 12.8. The number of pyridine rings is 2. The number of likely N-dealkylation sites (tertiary alicyclic amines) is 2. The van der Waals surface area contributed by atoms with Crippen molar-refractivity contribution in [1.29, 1.82) is 0 Å². The Labute approximate surface area is 851 Å². The Morgan fingerprint density at radius 1 is 0.694 bits per heavy atom. The maximum Gasteiger partial charge on any atom is 1.00 e. The normalized spacial score (nSPS) is 18.8. The van der Waals surface area contributed by atoms with Gasteiger partial charge in [-0.05, 0) is 120 Å². The number of carbonyl (C=O) groups is 7. The van der Waals surface area contributed by atoms with Crippen LogP contribution in [0.1, 0.15) is 132 Å². The van der Waals surface area contributed by atoms with Gasteiger partial charge in [-0.1, -0.05) is 34.4 Å². The van der Waals surface area contributed by atoms with Crippen LogP contribution in [0.4, 0.5) is 19.9 Å². The Kier molecular flexibility index (Phi) is 48.7. The topological polar surface area (TPSA) is 386 Å². The third-order valence-corrected chi connectivity index (χ3v) is 20.2. The maximum atomic E-state index is 13.9. The predicted molar refractivity (Wildman–Crippen MR) is 481 cm³/mol. The standard InChI is InChI=1S/C34H43N5O7S.C19H30N2O8S.C16H17N3O2S.CH2O3.3CH4.B13.2Cs.H/c1-9-20-16-34(20,30(41)44-10-2)38-29(40)27-14-22(17-39(27)32(42)46-33(5,6)7)45-28-15-25(26-18-47-31(37-26)35-19(3)4)36-24-13-21(43-8)11-12-23(24)28;1-7-12-10-19(12,16(23)27-8-2)20-15(22)14-9-13(29-30(6,25)26)11-21(14)17(24)28-18(3,4)5;1-9(2)17-16-19-14(8-22-16)13-7-15(20)11-5-4-10(21-3)6-12(11)18-13;2-1-4-3;;;;1-8-12(9(2)3)13(10(4)5)11(6)7;;;/h9,11-13,15,18-20,22,27H,1,10,14,16-17H2,2-8H3,(H,35,37)(H,38,40);7,12-14H,1,8-11H2,2-6H3,(H,20,22);4-9H,1-3H3,(H,17,19)(H,18,20);1,3H;3*1H4;;;;/q;;;;;;;;2*+1;-1/p-1/t20-,22-,27+,34-;12-,13?,14+,19-;;;;;;;;;/m11........./s1. The number of nitrogens with zero attached hydrogens (tertiary/aromatic N) is 5. The number of nitrogens with one attached hydrogen (secondary N) is 5. The number of carbonyl (C=O) groups excluding carboxylic acids is 7. The van der Waals surface area contributed by atoms with Gasteiger partial charge in [0.05, 0.1) is 81.0 Å². The molecule has 6 aromatic rings. The van der Waals surface area contributed by atoms with Crippen LogP contribution < -0.4 is 184 Å². The van der Waals surface area contributed by atoms with E-state index < -0.39 is 118 Å². The van der Waals surface area contributed by atoms with Gasteiger partial charge in [0, 0.05) is 176 Å². The number of benzene rings is 2. The van der Waals surface area contributed by atoms with Crippen LogP contribution in [0.5, 0.6) is 17.2 Å². The molecule has 5 N–H and O–H groups in total. The van der Waals surface area contributed by atoms with E-state index in [1.807, 2.05) is 54.9 Å². The fourth-order valence-corrected chi connectivity index (χ4v) is 14.9. The molecule has 30 nitrogen and oxygen atoms in total. The Hall–Kier alpha value is -4.49. The van der Waals surface area contributed by atoms with Crippen molar-refractivity contribution in [3.8, 4) is 40.0 Å². The fourth-order valence-electron chi connectivity index (χ4n) is 12.6. The summed E-state index contributed by atoms with van der Waals surface area (Å²) in [6.07, 6.45) is -0.878. The van der Waals surface area contributed by atoms with Gasteiger partial charge >= 0.3 is 162 Å². The van der Waals surface area contributed by atoms with E-state index >= 15 is 0 Å². The molecule has 2 aliphatic heterocycles. The maximum absolute atomic E-state index is 13.9. The van der Waals surface area contributed by atoms with Crippen LogP contribution in [0.25, 0.3) is 44.6 Å². The molecule has 0 bridgehead atoms. The van der Waals surface area contributed by atoms with Gasteiger partial charge in [0.25, 0.3) is 16.6 Å². The third kappa shape index (κ3) is 33.3. The van der Waals surface area contributed by atoms with Crippen molar-refractivity contribution < 1.29 is 229 Å². The predicted octanol–water partition coefficient (Wildman–Crippen LogP) is -0.474. The molecule has 4 aliphatic rings. The smallest absolute Gasteiger partial charge is 1.00 e. The molecule has 2 aromatic carbocycles. The molecule has 625 valence electrons. The number of anilines is 2. The average molecular weight is 1940 g/mol.